The number of para-hydroxylation sites is 2. The van der Waals surface area contributed by atoms with E-state index < -0.39 is 18.0 Å². The fraction of sp³-hybridized carbons (Fsp3) is 0.450. The molecule has 152 valence electrons. The molecule has 29 heavy (non-hydrogen) atoms. The molecule has 5 unspecified atom stereocenters. The number of alkyl carbamates (subject to hydrolysis) is 1. The summed E-state index contributed by atoms with van der Waals surface area (Å²) in [6.07, 6.45) is 0.789. The van der Waals surface area contributed by atoms with Crippen LogP contribution < -0.4 is 10.6 Å². The molecule has 0 spiro atoms. The summed E-state index contributed by atoms with van der Waals surface area (Å²) in [6, 6.07) is 7.70. The minimum atomic E-state index is -0.788. The second kappa shape index (κ2) is 6.48. The van der Waals surface area contributed by atoms with Crippen LogP contribution in [0.3, 0.4) is 0 Å². The van der Waals surface area contributed by atoms with Crippen LogP contribution in [-0.4, -0.2) is 47.0 Å². The summed E-state index contributed by atoms with van der Waals surface area (Å²) in [5.74, 6) is 0.127. The smallest absolute Gasteiger partial charge is 0.409 e. The number of fused-ring (bicyclic) bond motifs is 4. The summed E-state index contributed by atoms with van der Waals surface area (Å²) in [5.41, 5.74) is 1.88. The molecule has 1 aromatic carbocycles. The van der Waals surface area contributed by atoms with Crippen LogP contribution in [0.2, 0.25) is 0 Å². The lowest BCUT2D eigenvalue weighted by Gasteiger charge is -2.36. The van der Waals surface area contributed by atoms with Crippen LogP contribution in [0, 0.1) is 11.8 Å². The Morgan fingerprint density at radius 2 is 2.21 bits per heavy atom. The van der Waals surface area contributed by atoms with Crippen molar-refractivity contribution in [2.45, 2.75) is 37.9 Å². The first-order valence-corrected chi connectivity index (χ1v) is 9.63. The third-order valence-electron chi connectivity index (χ3n) is 6.11. The standard InChI is InChI=1S/C20H22N4O5/c1-20-14(29-20)7-10-11(9-27-18(16(10)20)28-19(26)21-2)17(25)22-8-15-23-12-5-3-4-6-13(12)24-15/h3-6,9-10,14,16,18H,7-8H2,1-2H3,(H,21,26)(H,22,25)(H,23,24). The number of H-pyrrole nitrogens is 1. The fourth-order valence-corrected chi connectivity index (χ4v) is 4.56. The van der Waals surface area contributed by atoms with E-state index >= 15 is 0 Å². The number of carbonyl (C=O) groups is 2. The highest BCUT2D eigenvalue weighted by atomic mass is 16.7. The first-order valence-electron chi connectivity index (χ1n) is 9.63. The van der Waals surface area contributed by atoms with Gasteiger partial charge in [0.2, 0.25) is 0 Å². The first-order chi connectivity index (χ1) is 14.0. The molecule has 9 nitrogen and oxygen atoms in total. The number of rotatable bonds is 4. The lowest BCUT2D eigenvalue weighted by atomic mass is 9.82. The summed E-state index contributed by atoms with van der Waals surface area (Å²) in [7, 11) is 1.49. The highest BCUT2D eigenvalue weighted by molar-refractivity contribution is 5.94. The van der Waals surface area contributed by atoms with Crippen molar-refractivity contribution < 1.29 is 23.8 Å². The van der Waals surface area contributed by atoms with Gasteiger partial charge in [-0.1, -0.05) is 12.1 Å². The Hall–Kier alpha value is -3.07. The number of benzene rings is 1. The average molecular weight is 398 g/mol. The third kappa shape index (κ3) is 2.93. The van der Waals surface area contributed by atoms with Crippen molar-refractivity contribution in [3.63, 3.8) is 0 Å². The molecule has 1 aromatic heterocycles. The van der Waals surface area contributed by atoms with Gasteiger partial charge < -0.3 is 29.8 Å². The van der Waals surface area contributed by atoms with Crippen LogP contribution in [0.4, 0.5) is 4.79 Å². The predicted octanol–water partition coefficient (Wildman–Crippen LogP) is 1.57. The molecular formula is C20H22N4O5. The highest BCUT2D eigenvalue weighted by Gasteiger charge is 2.70. The molecular weight excluding hydrogens is 376 g/mol. The Balaban J connectivity index is 1.31. The molecule has 1 saturated carbocycles. The maximum Gasteiger partial charge on any atom is 0.409 e. The molecule has 2 fully saturated rings. The third-order valence-corrected chi connectivity index (χ3v) is 6.11. The van der Waals surface area contributed by atoms with Gasteiger partial charge >= 0.3 is 6.09 Å². The molecule has 3 heterocycles. The Labute approximate surface area is 166 Å². The number of hydrogen-bond acceptors (Lipinski definition) is 6. The molecule has 2 amide bonds. The zero-order valence-electron chi connectivity index (χ0n) is 16.1. The highest BCUT2D eigenvalue weighted by Crippen LogP contribution is 2.60. The molecule has 5 atom stereocenters. The van der Waals surface area contributed by atoms with Crippen molar-refractivity contribution in [1.82, 2.24) is 20.6 Å². The largest absolute Gasteiger partial charge is 0.461 e. The maximum atomic E-state index is 12.9. The van der Waals surface area contributed by atoms with Crippen LogP contribution in [0.15, 0.2) is 36.1 Å². The molecule has 0 radical (unpaired) electrons. The molecule has 9 heteroatoms. The van der Waals surface area contributed by atoms with Gasteiger partial charge in [-0.15, -0.1) is 0 Å². The number of nitrogens with zero attached hydrogens (tertiary/aromatic N) is 1. The SMILES string of the molecule is CNC(=O)OC1OC=C(C(=O)NCc2nc3ccccc3[nH]2)C2CC3OC3(C)C12. The topological polar surface area (TPSA) is 118 Å². The van der Waals surface area contributed by atoms with Crippen LogP contribution in [0.1, 0.15) is 19.2 Å². The predicted molar refractivity (Wildman–Crippen MR) is 101 cm³/mol. The summed E-state index contributed by atoms with van der Waals surface area (Å²) >= 11 is 0. The van der Waals surface area contributed by atoms with Gasteiger partial charge in [-0.05, 0) is 25.5 Å². The van der Waals surface area contributed by atoms with Crippen molar-refractivity contribution in [1.29, 1.82) is 0 Å². The average Bonchev–Trinajstić information content (AvgIpc) is 3.07. The van der Waals surface area contributed by atoms with E-state index in [2.05, 4.69) is 20.6 Å². The number of nitrogens with one attached hydrogen (secondary N) is 3. The minimum Gasteiger partial charge on any atom is -0.461 e. The molecule has 3 N–H and O–H groups in total. The van der Waals surface area contributed by atoms with Crippen molar-refractivity contribution in [3.8, 4) is 0 Å². The Kier molecular flexibility index (Phi) is 4.02. The second-order valence-corrected chi connectivity index (χ2v) is 7.77. The van der Waals surface area contributed by atoms with Gasteiger partial charge in [0.1, 0.15) is 11.4 Å². The van der Waals surface area contributed by atoms with Gasteiger partial charge in [-0.2, -0.15) is 0 Å². The Bertz CT molecular complexity index is 984. The number of ether oxygens (including phenoxy) is 3. The van der Waals surface area contributed by atoms with Gasteiger partial charge in [0.05, 0.1) is 41.4 Å². The fourth-order valence-electron chi connectivity index (χ4n) is 4.56. The van der Waals surface area contributed by atoms with Crippen molar-refractivity contribution in [2.75, 3.05) is 7.05 Å². The van der Waals surface area contributed by atoms with Gasteiger partial charge in [0.15, 0.2) is 0 Å². The van der Waals surface area contributed by atoms with Gasteiger partial charge in [0, 0.05) is 13.0 Å². The van der Waals surface area contributed by atoms with Crippen molar-refractivity contribution in [2.24, 2.45) is 11.8 Å². The van der Waals surface area contributed by atoms with E-state index in [4.69, 9.17) is 14.2 Å². The van der Waals surface area contributed by atoms with E-state index in [0.29, 0.717) is 17.8 Å². The monoisotopic (exact) mass is 398 g/mol. The normalized spacial score (nSPS) is 31.9. The molecule has 1 saturated heterocycles. The van der Waals surface area contributed by atoms with Crippen LogP contribution in [0.25, 0.3) is 11.0 Å². The van der Waals surface area contributed by atoms with E-state index in [1.165, 1.54) is 13.3 Å². The minimum absolute atomic E-state index is 0.0431. The number of hydrogen-bond donors (Lipinski definition) is 3. The van der Waals surface area contributed by atoms with Gasteiger partial charge in [-0.25, -0.2) is 9.78 Å². The quantitative estimate of drug-likeness (QED) is 0.673. The number of carbonyl (C=O) groups excluding carboxylic acids is 2. The number of aromatic amines is 1. The number of epoxide rings is 1. The molecule has 0 bridgehead atoms. The molecule has 1 aliphatic carbocycles. The van der Waals surface area contributed by atoms with Crippen molar-refractivity contribution in [3.05, 3.63) is 41.9 Å². The second-order valence-electron chi connectivity index (χ2n) is 7.77. The Morgan fingerprint density at radius 3 is 3.00 bits per heavy atom. The maximum absolute atomic E-state index is 12.9. The summed E-state index contributed by atoms with van der Waals surface area (Å²) in [4.78, 5) is 32.2. The lowest BCUT2D eigenvalue weighted by molar-refractivity contribution is -0.142. The van der Waals surface area contributed by atoms with E-state index in [-0.39, 0.29) is 30.4 Å². The van der Waals surface area contributed by atoms with Gasteiger partial charge in [-0.3, -0.25) is 4.79 Å². The summed E-state index contributed by atoms with van der Waals surface area (Å²) in [5, 5.41) is 5.33. The molecule has 3 aliphatic rings. The summed E-state index contributed by atoms with van der Waals surface area (Å²) < 4.78 is 16.8. The number of aromatic nitrogens is 2. The molecule has 2 aliphatic heterocycles. The Morgan fingerprint density at radius 1 is 1.38 bits per heavy atom. The van der Waals surface area contributed by atoms with E-state index in [0.717, 1.165) is 11.0 Å². The molecule has 5 rings (SSSR count). The zero-order valence-corrected chi connectivity index (χ0v) is 16.1. The van der Waals surface area contributed by atoms with Crippen LogP contribution >= 0.6 is 0 Å². The van der Waals surface area contributed by atoms with E-state index in [1.807, 2.05) is 31.2 Å². The molecule has 2 aromatic rings. The van der Waals surface area contributed by atoms with E-state index in [9.17, 15) is 9.59 Å². The van der Waals surface area contributed by atoms with Crippen molar-refractivity contribution >= 4 is 23.0 Å². The summed E-state index contributed by atoms with van der Waals surface area (Å²) in [6.45, 7) is 2.25. The zero-order chi connectivity index (χ0) is 20.2. The number of amides is 2. The number of imidazole rings is 1. The lowest BCUT2D eigenvalue weighted by Crippen LogP contribution is -2.45. The van der Waals surface area contributed by atoms with Crippen LogP contribution in [0.5, 0.6) is 0 Å². The first kappa shape index (κ1) is 18.0. The van der Waals surface area contributed by atoms with Crippen LogP contribution in [-0.2, 0) is 25.5 Å². The van der Waals surface area contributed by atoms with E-state index in [1.54, 1.807) is 0 Å². The van der Waals surface area contributed by atoms with Gasteiger partial charge in [0.25, 0.3) is 12.2 Å².